The largest absolute Gasteiger partial charge is 0.350 e. The van der Waals surface area contributed by atoms with Crippen molar-refractivity contribution in [1.29, 1.82) is 0 Å². The minimum Gasteiger partial charge on any atom is -0.350 e. The fourth-order valence-electron chi connectivity index (χ4n) is 3.36. The van der Waals surface area contributed by atoms with Crippen LogP contribution in [0.2, 0.25) is 0 Å². The van der Waals surface area contributed by atoms with Crippen molar-refractivity contribution in [2.75, 3.05) is 33.7 Å². The van der Waals surface area contributed by atoms with Crippen molar-refractivity contribution in [2.24, 2.45) is 0 Å². The third-order valence-electron chi connectivity index (χ3n) is 5.31. The molecule has 1 amide bonds. The lowest BCUT2D eigenvalue weighted by molar-refractivity contribution is 0.0942. The molecule has 1 N–H and O–H groups in total. The molecule has 0 saturated heterocycles. The van der Waals surface area contributed by atoms with Gasteiger partial charge in [0.15, 0.2) is 0 Å². The maximum atomic E-state index is 12.6. The van der Waals surface area contributed by atoms with Crippen molar-refractivity contribution in [3.63, 3.8) is 0 Å². The van der Waals surface area contributed by atoms with Gasteiger partial charge < -0.3 is 10.2 Å². The lowest BCUT2D eigenvalue weighted by Gasteiger charge is -2.25. The van der Waals surface area contributed by atoms with Crippen LogP contribution in [0.4, 0.5) is 0 Å². The van der Waals surface area contributed by atoms with E-state index in [-0.39, 0.29) is 16.8 Å². The Morgan fingerprint density at radius 2 is 1.50 bits per heavy atom. The van der Waals surface area contributed by atoms with Crippen LogP contribution in [0.1, 0.15) is 48.3 Å². The van der Waals surface area contributed by atoms with Crippen molar-refractivity contribution in [1.82, 2.24) is 14.5 Å². The number of rotatable bonds is 10. The van der Waals surface area contributed by atoms with Crippen LogP contribution in [0.25, 0.3) is 0 Å². The lowest BCUT2D eigenvalue weighted by Crippen LogP contribution is -2.34. The Balaban J connectivity index is 2.09. The number of nitrogens with one attached hydrogen (secondary N) is 1. The molecule has 164 valence electrons. The third-order valence-corrected chi connectivity index (χ3v) is 7.38. The summed E-state index contributed by atoms with van der Waals surface area (Å²) in [6.07, 6.45) is 0.990. The first-order chi connectivity index (χ1) is 14.2. The predicted octanol–water partition coefficient (Wildman–Crippen LogP) is 3.31. The van der Waals surface area contributed by atoms with Crippen LogP contribution >= 0.6 is 0 Å². The summed E-state index contributed by atoms with van der Waals surface area (Å²) in [5.41, 5.74) is 2.85. The molecule has 6 nitrogen and oxygen atoms in total. The highest BCUT2D eigenvalue weighted by Gasteiger charge is 2.22. The molecule has 0 radical (unpaired) electrons. The maximum Gasteiger partial charge on any atom is 0.251 e. The summed E-state index contributed by atoms with van der Waals surface area (Å²) < 4.78 is 26.6. The molecule has 0 fully saturated rings. The molecule has 2 aromatic rings. The van der Waals surface area contributed by atoms with Gasteiger partial charge in [0.05, 0.1) is 10.9 Å². The molecule has 0 heterocycles. The zero-order chi connectivity index (χ0) is 22.3. The highest BCUT2D eigenvalue weighted by atomic mass is 32.2. The fourth-order valence-corrected chi connectivity index (χ4v) is 4.81. The van der Waals surface area contributed by atoms with Gasteiger partial charge in [-0.15, -0.1) is 0 Å². The molecule has 0 unspecified atom stereocenters. The molecule has 1 atom stereocenters. The topological polar surface area (TPSA) is 69.7 Å². The zero-order valence-electron chi connectivity index (χ0n) is 18.6. The fraction of sp³-hybridized carbons (Fsp3) is 0.435. The van der Waals surface area contributed by atoms with Crippen molar-refractivity contribution in [3.05, 3.63) is 65.2 Å². The molecular weight excluding hydrogens is 398 g/mol. The minimum absolute atomic E-state index is 0.0437. The van der Waals surface area contributed by atoms with E-state index in [4.69, 9.17) is 0 Å². The van der Waals surface area contributed by atoms with E-state index in [9.17, 15) is 13.2 Å². The summed E-state index contributed by atoms with van der Waals surface area (Å²) in [5.74, 6) is -0.223. The Morgan fingerprint density at radius 1 is 0.933 bits per heavy atom. The van der Waals surface area contributed by atoms with E-state index >= 15 is 0 Å². The number of carbonyl (C=O) groups excluding carboxylic acids is 1. The van der Waals surface area contributed by atoms with E-state index in [1.165, 1.54) is 22.0 Å². The first kappa shape index (κ1) is 24.1. The van der Waals surface area contributed by atoms with Crippen LogP contribution in [0, 0.1) is 0 Å². The molecule has 30 heavy (non-hydrogen) atoms. The molecule has 0 spiro atoms. The first-order valence-corrected chi connectivity index (χ1v) is 11.8. The summed E-state index contributed by atoms with van der Waals surface area (Å²) in [5, 5.41) is 2.97. The van der Waals surface area contributed by atoms with Crippen LogP contribution in [-0.4, -0.2) is 57.3 Å². The molecule has 0 aliphatic rings. The summed E-state index contributed by atoms with van der Waals surface area (Å²) in [4.78, 5) is 14.9. The van der Waals surface area contributed by atoms with Crippen LogP contribution in [0.15, 0.2) is 53.4 Å². The molecule has 7 heteroatoms. The van der Waals surface area contributed by atoms with Crippen molar-refractivity contribution in [3.8, 4) is 0 Å². The van der Waals surface area contributed by atoms with Gasteiger partial charge in [-0.05, 0) is 55.9 Å². The van der Waals surface area contributed by atoms with E-state index in [0.717, 1.165) is 12.0 Å². The van der Waals surface area contributed by atoms with E-state index < -0.39 is 10.0 Å². The highest BCUT2D eigenvalue weighted by molar-refractivity contribution is 7.89. The van der Waals surface area contributed by atoms with E-state index in [2.05, 4.69) is 41.4 Å². The summed E-state index contributed by atoms with van der Waals surface area (Å²) in [6, 6.07) is 14.6. The number of sulfonamides is 1. The Bertz CT molecular complexity index is 919. The maximum absolute atomic E-state index is 12.6. The molecular formula is C23H33N3O3S. The number of carbonyl (C=O) groups is 1. The quantitative estimate of drug-likeness (QED) is 0.627. The second-order valence-corrected chi connectivity index (χ2v) is 9.34. The van der Waals surface area contributed by atoms with E-state index in [1.54, 1.807) is 26.0 Å². The smallest absolute Gasteiger partial charge is 0.251 e. The lowest BCUT2D eigenvalue weighted by atomic mass is 10.0. The molecule has 0 aliphatic heterocycles. The number of likely N-dealkylation sites (N-methyl/N-ethyl adjacent to an activating group) is 1. The Kier molecular flexibility index (Phi) is 8.58. The number of aryl methyl sites for hydroxylation is 1. The summed E-state index contributed by atoms with van der Waals surface area (Å²) in [7, 11) is 0.440. The van der Waals surface area contributed by atoms with Gasteiger partial charge in [-0.3, -0.25) is 4.79 Å². The number of nitrogens with zero attached hydrogens (tertiary/aromatic N) is 2. The molecule has 2 aromatic carbocycles. The Labute approximate surface area is 180 Å². The highest BCUT2D eigenvalue weighted by Crippen LogP contribution is 2.19. The van der Waals surface area contributed by atoms with E-state index in [0.29, 0.717) is 25.2 Å². The first-order valence-electron chi connectivity index (χ1n) is 10.4. The van der Waals surface area contributed by atoms with Crippen molar-refractivity contribution >= 4 is 15.9 Å². The Hall–Kier alpha value is -2.22. The van der Waals surface area contributed by atoms with Gasteiger partial charge in [-0.2, -0.15) is 4.31 Å². The minimum atomic E-state index is -3.53. The summed E-state index contributed by atoms with van der Waals surface area (Å²) in [6.45, 7) is 7.01. The van der Waals surface area contributed by atoms with Crippen molar-refractivity contribution in [2.45, 2.75) is 38.1 Å². The second kappa shape index (κ2) is 10.7. The zero-order valence-corrected chi connectivity index (χ0v) is 19.4. The van der Waals surface area contributed by atoms with Gasteiger partial charge >= 0.3 is 0 Å². The van der Waals surface area contributed by atoms with Gasteiger partial charge in [0, 0.05) is 25.2 Å². The predicted molar refractivity (Wildman–Crippen MR) is 121 cm³/mol. The normalized spacial score (nSPS) is 12.9. The number of hydrogen-bond donors (Lipinski definition) is 1. The van der Waals surface area contributed by atoms with E-state index in [1.807, 2.05) is 14.1 Å². The van der Waals surface area contributed by atoms with Gasteiger partial charge in [-0.25, -0.2) is 8.42 Å². The van der Waals surface area contributed by atoms with Crippen LogP contribution < -0.4 is 5.32 Å². The van der Waals surface area contributed by atoms with Crippen LogP contribution in [-0.2, 0) is 16.4 Å². The number of amides is 1. The number of benzene rings is 2. The number of hydrogen-bond acceptors (Lipinski definition) is 4. The van der Waals surface area contributed by atoms with Crippen LogP contribution in [0.3, 0.4) is 0 Å². The molecule has 0 bridgehead atoms. The van der Waals surface area contributed by atoms with Gasteiger partial charge in [0.1, 0.15) is 0 Å². The average molecular weight is 432 g/mol. The molecule has 0 aromatic heterocycles. The molecule has 2 rings (SSSR count). The van der Waals surface area contributed by atoms with Gasteiger partial charge in [-0.1, -0.05) is 45.0 Å². The van der Waals surface area contributed by atoms with Crippen molar-refractivity contribution < 1.29 is 13.2 Å². The SMILES string of the molecule is CCc1ccc([C@H](CNC(=O)c2ccc(S(=O)(=O)N(CC)CC)cc2)N(C)C)cc1. The van der Waals surface area contributed by atoms with Gasteiger partial charge in [0.2, 0.25) is 10.0 Å². The second-order valence-electron chi connectivity index (χ2n) is 7.40. The summed E-state index contributed by atoms with van der Waals surface area (Å²) >= 11 is 0. The van der Waals surface area contributed by atoms with Crippen LogP contribution in [0.5, 0.6) is 0 Å². The standard InChI is InChI=1S/C23H33N3O3S/c1-6-18-9-11-19(12-10-18)22(25(4)5)17-24-23(27)20-13-15-21(16-14-20)30(28,29)26(7-2)8-3/h9-16,22H,6-8,17H2,1-5H3,(H,24,27)/t22-/m0/s1. The monoisotopic (exact) mass is 431 g/mol. The third kappa shape index (κ3) is 5.68. The average Bonchev–Trinajstić information content (AvgIpc) is 2.74. The molecule has 0 saturated carbocycles. The Morgan fingerprint density at radius 3 is 1.97 bits per heavy atom. The van der Waals surface area contributed by atoms with Gasteiger partial charge in [0.25, 0.3) is 5.91 Å². The molecule has 0 aliphatic carbocycles.